The fraction of sp³-hybridized carbons (Fsp3) is 0.687. The molecule has 2 aliphatic heterocycles. The number of carbonyl (C=O) groups excluding carboxylic acids is 2. The number of amides is 2. The van der Waals surface area contributed by atoms with E-state index >= 15 is 9.59 Å². The van der Waals surface area contributed by atoms with Crippen molar-refractivity contribution >= 4 is 45.9 Å². The summed E-state index contributed by atoms with van der Waals surface area (Å²) < 4.78 is 0. The monoisotopic (exact) mass is 1250 g/mol. The molecule has 3 aliphatic rings. The van der Waals surface area contributed by atoms with E-state index in [1.54, 1.807) is 16.9 Å². The molecular weight excluding hydrogens is 1120 g/mol. The largest absolute Gasteiger partial charge is 0.306 e. The highest BCUT2D eigenvalue weighted by Gasteiger charge is 2.51. The third-order valence-corrected chi connectivity index (χ3v) is 23.4. The Hall–Kier alpha value is -3.74. The Morgan fingerprint density at radius 1 is 0.382 bits per heavy atom. The lowest BCUT2D eigenvalue weighted by molar-refractivity contribution is -0.124. The number of fused-ring (bicyclic) bond motifs is 4. The van der Waals surface area contributed by atoms with Gasteiger partial charge in [0.15, 0.2) is 0 Å². The molecule has 2 aromatic carbocycles. The summed E-state index contributed by atoms with van der Waals surface area (Å²) in [5.74, 6) is 0.857. The molecule has 2 amide bonds. The molecule has 89 heavy (non-hydrogen) atoms. The molecule has 2 unspecified atom stereocenters. The van der Waals surface area contributed by atoms with E-state index in [-0.39, 0.29) is 28.1 Å². The van der Waals surface area contributed by atoms with Gasteiger partial charge in [0, 0.05) is 28.3 Å². The second-order valence-corrected chi connectivity index (χ2v) is 32.5. The van der Waals surface area contributed by atoms with Crippen LogP contribution in [0.1, 0.15) is 358 Å². The molecule has 2 atom stereocenters. The van der Waals surface area contributed by atoms with E-state index in [2.05, 4.69) is 154 Å². The second-order valence-electron chi connectivity index (χ2n) is 30.3. The quantitative estimate of drug-likeness (QED) is 0.0414. The molecule has 7 rings (SSSR count). The van der Waals surface area contributed by atoms with Gasteiger partial charge in [-0.25, -0.2) is 0 Å². The first-order valence-corrected chi connectivity index (χ1v) is 39.3. The Morgan fingerprint density at radius 2 is 0.742 bits per heavy atom. The zero-order chi connectivity index (χ0) is 63.8. The van der Waals surface area contributed by atoms with E-state index in [0.717, 1.165) is 46.8 Å². The van der Waals surface area contributed by atoms with Gasteiger partial charge in [0.1, 0.15) is 0 Å². The third kappa shape index (κ3) is 19.7. The number of benzene rings is 2. The summed E-state index contributed by atoms with van der Waals surface area (Å²) in [6.07, 6.45) is 47.5. The summed E-state index contributed by atoms with van der Waals surface area (Å²) in [6.45, 7) is 29.3. The molecule has 0 saturated carbocycles. The number of carbonyl (C=O) groups is 2. The van der Waals surface area contributed by atoms with Crippen LogP contribution < -0.4 is 0 Å². The zero-order valence-corrected chi connectivity index (χ0v) is 60.9. The summed E-state index contributed by atoms with van der Waals surface area (Å²) in [5.41, 5.74) is 11.8. The van der Waals surface area contributed by atoms with Gasteiger partial charge < -0.3 is 9.80 Å². The maximum atomic E-state index is 16.3. The van der Waals surface area contributed by atoms with Crippen molar-refractivity contribution < 1.29 is 9.59 Å². The van der Waals surface area contributed by atoms with Crippen LogP contribution in [0.2, 0.25) is 0 Å². The Balaban J connectivity index is 1.37. The highest BCUT2D eigenvalue weighted by molar-refractivity contribution is 7.16. The van der Waals surface area contributed by atoms with Crippen LogP contribution in [-0.2, 0) is 25.8 Å². The summed E-state index contributed by atoms with van der Waals surface area (Å²) in [6, 6.07) is 24.2. The predicted octanol–water partition coefficient (Wildman–Crippen LogP) is 26.3. The van der Waals surface area contributed by atoms with Crippen LogP contribution in [0, 0.1) is 11.8 Å². The summed E-state index contributed by atoms with van der Waals surface area (Å²) in [4.78, 5) is 41.5. The number of hydrogen-bond acceptors (Lipinski definition) is 4. The average Bonchev–Trinajstić information content (AvgIpc) is 1.58. The molecule has 1 aliphatic carbocycles. The molecular formula is C83H128N2O2S2. The molecule has 0 fully saturated rings. The van der Waals surface area contributed by atoms with Crippen molar-refractivity contribution in [2.24, 2.45) is 11.8 Å². The predicted molar refractivity (Wildman–Crippen MR) is 391 cm³/mol. The van der Waals surface area contributed by atoms with Gasteiger partial charge in [0.2, 0.25) is 0 Å². The SMILES string of the molecule is CCCCCCCCC(CCCCCC)CN1C(=O)C2=C(c3ccc(C(C)(C)C)s3)N(CC(CCCCCC)CCCCCCCC)C(=O)C2=C1c1ccc(-c2ccc3c(c2)C(CCCCCCCC)(CCCCCCCC)c2cc(C(C)(C)C)ccc2-3)s1. The number of unbranched alkanes of at least 4 members (excludes halogenated alkanes) is 26. The van der Waals surface area contributed by atoms with Crippen LogP contribution in [0.4, 0.5) is 0 Å². The molecule has 0 N–H and O–H groups in total. The van der Waals surface area contributed by atoms with Crippen molar-refractivity contribution in [3.05, 3.63) is 103 Å². The second kappa shape index (κ2) is 36.6. The van der Waals surface area contributed by atoms with E-state index in [1.807, 2.05) is 11.3 Å². The molecule has 0 radical (unpaired) electrons. The third-order valence-electron chi connectivity index (χ3n) is 20.8. The smallest absolute Gasteiger partial charge is 0.261 e. The van der Waals surface area contributed by atoms with Crippen LogP contribution in [0.15, 0.2) is 71.8 Å². The van der Waals surface area contributed by atoms with Gasteiger partial charge in [-0.1, -0.05) is 319 Å². The Morgan fingerprint density at radius 3 is 1.16 bits per heavy atom. The van der Waals surface area contributed by atoms with Crippen LogP contribution in [0.25, 0.3) is 33.0 Å². The van der Waals surface area contributed by atoms with Gasteiger partial charge in [-0.05, 0) is 125 Å². The van der Waals surface area contributed by atoms with Crippen molar-refractivity contribution in [3.8, 4) is 21.6 Å². The molecule has 6 heteroatoms. The van der Waals surface area contributed by atoms with Crippen LogP contribution in [0.3, 0.4) is 0 Å². The molecule has 0 bridgehead atoms. The number of hydrogen-bond donors (Lipinski definition) is 0. The first-order chi connectivity index (χ1) is 43.1. The molecule has 2 aromatic heterocycles. The zero-order valence-electron chi connectivity index (χ0n) is 59.2. The van der Waals surface area contributed by atoms with Gasteiger partial charge in [-0.2, -0.15) is 0 Å². The highest BCUT2D eigenvalue weighted by Crippen LogP contribution is 2.57. The first kappa shape index (κ1) is 72.7. The van der Waals surface area contributed by atoms with Crippen molar-refractivity contribution in [2.45, 2.75) is 343 Å². The van der Waals surface area contributed by atoms with Crippen LogP contribution in [-0.4, -0.2) is 34.7 Å². The van der Waals surface area contributed by atoms with Crippen LogP contribution in [0.5, 0.6) is 0 Å². The molecule has 4 heterocycles. The normalized spacial score (nSPS) is 15.6. The molecule has 4 nitrogen and oxygen atoms in total. The molecule has 494 valence electrons. The Labute approximate surface area is 554 Å². The number of rotatable bonds is 45. The van der Waals surface area contributed by atoms with Gasteiger partial charge >= 0.3 is 0 Å². The van der Waals surface area contributed by atoms with E-state index in [9.17, 15) is 0 Å². The fourth-order valence-corrected chi connectivity index (χ4v) is 17.4. The first-order valence-electron chi connectivity index (χ1n) is 37.7. The molecule has 0 spiro atoms. The maximum absolute atomic E-state index is 16.3. The Kier molecular flexibility index (Phi) is 29.9. The minimum atomic E-state index is -0.0521. The van der Waals surface area contributed by atoms with Crippen LogP contribution >= 0.6 is 22.7 Å². The fourth-order valence-electron chi connectivity index (χ4n) is 15.3. The van der Waals surface area contributed by atoms with Gasteiger partial charge in [0.05, 0.1) is 32.3 Å². The topological polar surface area (TPSA) is 40.6 Å². The van der Waals surface area contributed by atoms with Gasteiger partial charge in [-0.15, -0.1) is 22.7 Å². The maximum Gasteiger partial charge on any atom is 0.261 e. The van der Waals surface area contributed by atoms with Gasteiger partial charge in [-0.3, -0.25) is 9.59 Å². The van der Waals surface area contributed by atoms with E-state index in [0.29, 0.717) is 36.1 Å². The average molecular weight is 1250 g/mol. The van der Waals surface area contributed by atoms with Gasteiger partial charge in [0.25, 0.3) is 11.8 Å². The van der Waals surface area contributed by atoms with Crippen molar-refractivity contribution in [2.75, 3.05) is 13.1 Å². The van der Waals surface area contributed by atoms with Crippen molar-refractivity contribution in [1.82, 2.24) is 9.80 Å². The minimum absolute atomic E-state index is 0.0493. The Bertz CT molecular complexity index is 2820. The lowest BCUT2D eigenvalue weighted by Crippen LogP contribution is -2.34. The highest BCUT2D eigenvalue weighted by atomic mass is 32.1. The molecule has 4 aromatic rings. The lowest BCUT2D eigenvalue weighted by Gasteiger charge is -2.34. The summed E-state index contributed by atoms with van der Waals surface area (Å²) in [5, 5.41) is 0. The summed E-state index contributed by atoms with van der Waals surface area (Å²) >= 11 is 3.63. The summed E-state index contributed by atoms with van der Waals surface area (Å²) in [7, 11) is 0. The minimum Gasteiger partial charge on any atom is -0.306 e. The van der Waals surface area contributed by atoms with E-state index < -0.39 is 0 Å². The van der Waals surface area contributed by atoms with E-state index in [4.69, 9.17) is 0 Å². The molecule has 0 saturated heterocycles. The number of nitrogens with zero attached hydrogens (tertiary/aromatic N) is 2. The number of thiophene rings is 2. The lowest BCUT2D eigenvalue weighted by atomic mass is 9.69. The van der Waals surface area contributed by atoms with E-state index in [1.165, 1.54) is 256 Å². The van der Waals surface area contributed by atoms with Crippen molar-refractivity contribution in [3.63, 3.8) is 0 Å². The standard InChI is InChI=1S/C83H128N2O2S2/c1-13-19-25-31-35-41-47-63(45-39-29-23-17-5)61-84-77(75-76(80(84)87)78(73-55-56-74(89-73)82(10,11)12)85(79(75)86)62-64(46-40-30-24-18-6)48-42-36-32-26-20-14-2)72-54-53-71(88-72)65-49-51-67-68-52-50-66(81(7,8)9)60-70(68)83(69(67)59-65,57-43-37-33-27-21-15-3)58-44-38-34-28-22-16-4/h49-56,59-60,63-64H,13-48,57-58,61-62H2,1-12H3. The van der Waals surface area contributed by atoms with Crippen molar-refractivity contribution in [1.29, 1.82) is 0 Å².